The van der Waals surface area contributed by atoms with Gasteiger partial charge in [-0.1, -0.05) is 25.3 Å². The second-order valence-corrected chi connectivity index (χ2v) is 10.4. The van der Waals surface area contributed by atoms with Crippen molar-refractivity contribution in [3.63, 3.8) is 0 Å². The molecule has 0 atom stereocenters. The van der Waals surface area contributed by atoms with Gasteiger partial charge in [0.2, 0.25) is 0 Å². The molecule has 9 heteroatoms. The Labute approximate surface area is 199 Å². The molecule has 1 saturated heterocycles. The summed E-state index contributed by atoms with van der Waals surface area (Å²) in [6, 6.07) is 4.28. The van der Waals surface area contributed by atoms with Gasteiger partial charge < -0.3 is 14.8 Å². The molecule has 1 aliphatic carbocycles. The lowest BCUT2D eigenvalue weighted by Crippen LogP contribution is -2.53. The predicted molar refractivity (Wildman–Crippen MR) is 133 cm³/mol. The standard InChI is InChI=1S/C20H30N6S2.HI/c1-16-23-24-18(25(16)2)14-22-19(21-13-17-7-6-11-27-17)26-10-12-28-20(15-26)8-4-3-5-9-20;/h6-7,11H,3-5,8-10,12-15H2,1-2H3,(H,21,22);1H. The van der Waals surface area contributed by atoms with Crippen LogP contribution in [0.1, 0.15) is 48.6 Å². The molecule has 0 bridgehead atoms. The minimum atomic E-state index is 0. The number of guanidine groups is 1. The van der Waals surface area contributed by atoms with Crippen molar-refractivity contribution in [1.82, 2.24) is 25.0 Å². The van der Waals surface area contributed by atoms with Crippen LogP contribution in [0.2, 0.25) is 0 Å². The first-order chi connectivity index (χ1) is 13.7. The lowest BCUT2D eigenvalue weighted by molar-refractivity contribution is 0.292. The second kappa shape index (κ2) is 10.5. The number of hydrogen-bond donors (Lipinski definition) is 1. The number of aryl methyl sites for hydroxylation is 1. The van der Waals surface area contributed by atoms with Crippen molar-refractivity contribution >= 4 is 53.0 Å². The number of rotatable bonds is 4. The first-order valence-corrected chi connectivity index (χ1v) is 12.1. The summed E-state index contributed by atoms with van der Waals surface area (Å²) in [5.41, 5.74) is 0. The molecule has 2 aromatic heterocycles. The minimum absolute atomic E-state index is 0. The van der Waals surface area contributed by atoms with E-state index in [0.29, 0.717) is 11.3 Å². The van der Waals surface area contributed by atoms with Crippen LogP contribution in [0.4, 0.5) is 0 Å². The van der Waals surface area contributed by atoms with Gasteiger partial charge in [0.05, 0.1) is 6.54 Å². The monoisotopic (exact) mass is 546 g/mol. The predicted octanol–water partition coefficient (Wildman–Crippen LogP) is 4.20. The summed E-state index contributed by atoms with van der Waals surface area (Å²) in [7, 11) is 2.01. The highest BCUT2D eigenvalue weighted by Crippen LogP contribution is 2.42. The molecule has 0 radical (unpaired) electrons. The van der Waals surface area contributed by atoms with Gasteiger partial charge in [-0.05, 0) is 31.2 Å². The summed E-state index contributed by atoms with van der Waals surface area (Å²) in [4.78, 5) is 8.79. The summed E-state index contributed by atoms with van der Waals surface area (Å²) in [6.45, 7) is 5.52. The van der Waals surface area contributed by atoms with E-state index in [2.05, 4.69) is 49.7 Å². The molecule has 2 fully saturated rings. The summed E-state index contributed by atoms with van der Waals surface area (Å²) < 4.78 is 2.44. The molecule has 29 heavy (non-hydrogen) atoms. The highest BCUT2D eigenvalue weighted by molar-refractivity contribution is 14.0. The van der Waals surface area contributed by atoms with Crippen LogP contribution in [0, 0.1) is 6.92 Å². The van der Waals surface area contributed by atoms with Crippen LogP contribution in [-0.4, -0.2) is 49.2 Å². The first-order valence-electron chi connectivity index (χ1n) is 10.2. The van der Waals surface area contributed by atoms with E-state index in [1.165, 1.54) is 42.7 Å². The first kappa shape index (κ1) is 22.9. The molecule has 1 spiro atoms. The molecule has 160 valence electrons. The zero-order chi connectivity index (χ0) is 19.4. The molecule has 1 aliphatic heterocycles. The van der Waals surface area contributed by atoms with Crippen LogP contribution < -0.4 is 5.32 Å². The fourth-order valence-corrected chi connectivity index (χ4v) is 6.32. The molecule has 2 aromatic rings. The van der Waals surface area contributed by atoms with Crippen LogP contribution in [0.25, 0.3) is 0 Å². The Bertz CT molecular complexity index is 792. The smallest absolute Gasteiger partial charge is 0.194 e. The molecule has 4 rings (SSSR count). The molecule has 2 aliphatic rings. The summed E-state index contributed by atoms with van der Waals surface area (Å²) in [5.74, 6) is 4.03. The Morgan fingerprint density at radius 2 is 2.10 bits per heavy atom. The SMILES string of the molecule is Cc1nnc(CN=C(NCc2cccs2)N2CCSC3(CCCCC3)C2)n1C.I. The van der Waals surface area contributed by atoms with Gasteiger partial charge in [-0.2, -0.15) is 11.8 Å². The van der Waals surface area contributed by atoms with Crippen molar-refractivity contribution < 1.29 is 0 Å². The zero-order valence-corrected chi connectivity index (χ0v) is 21.2. The number of nitrogens with one attached hydrogen (secondary N) is 1. The van der Waals surface area contributed by atoms with Gasteiger partial charge in [-0.3, -0.25) is 0 Å². The Balaban J connectivity index is 0.00000240. The van der Waals surface area contributed by atoms with E-state index < -0.39 is 0 Å². The van der Waals surface area contributed by atoms with Gasteiger partial charge in [0.25, 0.3) is 0 Å². The fourth-order valence-electron chi connectivity index (χ4n) is 4.11. The van der Waals surface area contributed by atoms with Crippen LogP contribution >= 0.6 is 47.1 Å². The molecule has 6 nitrogen and oxygen atoms in total. The van der Waals surface area contributed by atoms with E-state index in [-0.39, 0.29) is 24.0 Å². The summed E-state index contributed by atoms with van der Waals surface area (Å²) in [6.07, 6.45) is 6.82. The van der Waals surface area contributed by atoms with Crippen LogP contribution in [0.15, 0.2) is 22.5 Å². The zero-order valence-electron chi connectivity index (χ0n) is 17.3. The van der Waals surface area contributed by atoms with Gasteiger partial charge in [-0.25, -0.2) is 4.99 Å². The second-order valence-electron chi connectivity index (χ2n) is 7.81. The van der Waals surface area contributed by atoms with Crippen LogP contribution in [0.5, 0.6) is 0 Å². The Hall–Kier alpha value is -0.810. The Morgan fingerprint density at radius 3 is 2.79 bits per heavy atom. The van der Waals surface area contributed by atoms with Crippen molar-refractivity contribution in [2.45, 2.75) is 56.9 Å². The topological polar surface area (TPSA) is 58.3 Å². The van der Waals surface area contributed by atoms with Gasteiger partial charge in [-0.15, -0.1) is 45.5 Å². The van der Waals surface area contributed by atoms with Crippen molar-refractivity contribution in [1.29, 1.82) is 0 Å². The molecule has 1 N–H and O–H groups in total. The van der Waals surface area contributed by atoms with E-state index in [1.54, 1.807) is 11.3 Å². The van der Waals surface area contributed by atoms with Gasteiger partial charge >= 0.3 is 0 Å². The molecule has 0 amide bonds. The highest BCUT2D eigenvalue weighted by atomic mass is 127. The maximum atomic E-state index is 4.97. The van der Waals surface area contributed by atoms with Crippen molar-refractivity contribution in [2.75, 3.05) is 18.8 Å². The van der Waals surface area contributed by atoms with E-state index in [4.69, 9.17) is 4.99 Å². The molecule has 1 saturated carbocycles. The highest BCUT2D eigenvalue weighted by Gasteiger charge is 2.38. The van der Waals surface area contributed by atoms with Crippen molar-refractivity contribution in [3.05, 3.63) is 34.0 Å². The lowest BCUT2D eigenvalue weighted by Gasteiger charge is -2.45. The number of hydrogen-bond acceptors (Lipinski definition) is 5. The number of thiophene rings is 1. The number of nitrogens with zero attached hydrogens (tertiary/aromatic N) is 5. The van der Waals surface area contributed by atoms with E-state index >= 15 is 0 Å². The maximum absolute atomic E-state index is 4.97. The third-order valence-electron chi connectivity index (χ3n) is 5.87. The number of aromatic nitrogens is 3. The quantitative estimate of drug-likeness (QED) is 0.354. The van der Waals surface area contributed by atoms with Gasteiger partial charge in [0.1, 0.15) is 12.4 Å². The third kappa shape index (κ3) is 5.66. The molecule has 3 heterocycles. The van der Waals surface area contributed by atoms with Crippen molar-refractivity contribution in [2.24, 2.45) is 12.0 Å². The lowest BCUT2D eigenvalue weighted by atomic mass is 9.87. The van der Waals surface area contributed by atoms with E-state index in [1.807, 2.05) is 18.5 Å². The van der Waals surface area contributed by atoms with E-state index in [9.17, 15) is 0 Å². The fraction of sp³-hybridized carbons (Fsp3) is 0.650. The molecule has 0 aromatic carbocycles. The average Bonchev–Trinajstić information content (AvgIpc) is 3.34. The molecule has 0 unspecified atom stereocenters. The van der Waals surface area contributed by atoms with Crippen LogP contribution in [0.3, 0.4) is 0 Å². The minimum Gasteiger partial charge on any atom is -0.351 e. The summed E-state index contributed by atoms with van der Waals surface area (Å²) in [5, 5.41) is 14.2. The molecular formula is C20H31IN6S2. The normalized spacial score (nSPS) is 19.2. The Morgan fingerprint density at radius 1 is 1.28 bits per heavy atom. The largest absolute Gasteiger partial charge is 0.351 e. The Kier molecular flexibility index (Phi) is 8.26. The molecular weight excluding hydrogens is 515 g/mol. The third-order valence-corrected chi connectivity index (χ3v) is 8.28. The van der Waals surface area contributed by atoms with E-state index in [0.717, 1.165) is 37.2 Å². The maximum Gasteiger partial charge on any atom is 0.194 e. The average molecular weight is 547 g/mol. The number of halogens is 1. The van der Waals surface area contributed by atoms with Crippen molar-refractivity contribution in [3.8, 4) is 0 Å². The van der Waals surface area contributed by atoms with Gasteiger partial charge in [0, 0.05) is 35.5 Å². The number of aliphatic imine (C=N–C) groups is 1. The van der Waals surface area contributed by atoms with Crippen LogP contribution in [-0.2, 0) is 20.1 Å². The number of thioether (sulfide) groups is 1. The van der Waals surface area contributed by atoms with Gasteiger partial charge in [0.15, 0.2) is 11.8 Å². The summed E-state index contributed by atoms with van der Waals surface area (Å²) >= 11 is 3.98.